The third-order valence-electron chi connectivity index (χ3n) is 3.73. The van der Waals surface area contributed by atoms with Crippen molar-refractivity contribution < 1.29 is 9.18 Å². The Balaban J connectivity index is 1.84. The fourth-order valence-corrected chi connectivity index (χ4v) is 3.59. The normalized spacial score (nSPS) is 12.2. The van der Waals surface area contributed by atoms with Crippen molar-refractivity contribution in [2.24, 2.45) is 7.05 Å². The van der Waals surface area contributed by atoms with Gasteiger partial charge in [-0.3, -0.25) is 9.48 Å². The van der Waals surface area contributed by atoms with E-state index in [1.807, 2.05) is 13.8 Å². The summed E-state index contributed by atoms with van der Waals surface area (Å²) in [5.74, 6) is -0.507. The molecule has 2 aromatic heterocycles. The lowest BCUT2D eigenvalue weighted by atomic mass is 10.2. The molecule has 0 aliphatic heterocycles. The number of aromatic nitrogens is 3. The molecule has 0 saturated carbocycles. The average Bonchev–Trinajstić information content (AvgIpc) is 3.13. The Morgan fingerprint density at radius 2 is 2.08 bits per heavy atom. The summed E-state index contributed by atoms with van der Waals surface area (Å²) in [5.41, 5.74) is 1.75. The Morgan fingerprint density at radius 1 is 1.33 bits per heavy atom. The summed E-state index contributed by atoms with van der Waals surface area (Å²) in [4.78, 5) is 17.7. The molecular weight excluding hydrogens is 327 g/mol. The molecule has 0 bridgehead atoms. The minimum Gasteiger partial charge on any atom is -0.343 e. The number of carbonyl (C=O) groups excluding carboxylic acids is 1. The lowest BCUT2D eigenvalue weighted by molar-refractivity contribution is 0.0931. The number of halogens is 1. The van der Waals surface area contributed by atoms with E-state index in [2.05, 4.69) is 15.4 Å². The molecule has 0 spiro atoms. The van der Waals surface area contributed by atoms with Crippen molar-refractivity contribution >= 4 is 17.2 Å². The summed E-state index contributed by atoms with van der Waals surface area (Å²) >= 11 is 1.39. The summed E-state index contributed by atoms with van der Waals surface area (Å²) in [6, 6.07) is 7.98. The predicted octanol–water partition coefficient (Wildman–Crippen LogP) is 3.48. The highest BCUT2D eigenvalue weighted by molar-refractivity contribution is 7.15. The van der Waals surface area contributed by atoms with Crippen LogP contribution >= 0.6 is 11.3 Å². The molecular formula is C17H17FN4OS. The summed E-state index contributed by atoms with van der Waals surface area (Å²) in [7, 11) is 1.72. The first-order valence-corrected chi connectivity index (χ1v) is 8.30. The molecule has 24 heavy (non-hydrogen) atoms. The van der Waals surface area contributed by atoms with Crippen LogP contribution in [0.25, 0.3) is 10.6 Å². The molecule has 0 unspecified atom stereocenters. The van der Waals surface area contributed by atoms with Gasteiger partial charge in [-0.05, 0) is 32.0 Å². The van der Waals surface area contributed by atoms with Crippen molar-refractivity contribution in [3.63, 3.8) is 0 Å². The van der Waals surface area contributed by atoms with Crippen molar-refractivity contribution in [1.29, 1.82) is 0 Å². The minimum absolute atomic E-state index is 0.206. The first kappa shape index (κ1) is 16.3. The van der Waals surface area contributed by atoms with Gasteiger partial charge in [0.2, 0.25) is 0 Å². The molecule has 7 heteroatoms. The number of amides is 1. The van der Waals surface area contributed by atoms with Gasteiger partial charge in [-0.25, -0.2) is 9.37 Å². The van der Waals surface area contributed by atoms with Gasteiger partial charge in [-0.15, -0.1) is 11.3 Å². The van der Waals surface area contributed by atoms with E-state index in [9.17, 15) is 9.18 Å². The van der Waals surface area contributed by atoms with E-state index in [-0.39, 0.29) is 17.8 Å². The van der Waals surface area contributed by atoms with E-state index in [1.165, 1.54) is 22.1 Å². The minimum atomic E-state index is -0.302. The molecule has 0 aliphatic carbocycles. The molecule has 1 N–H and O–H groups in total. The van der Waals surface area contributed by atoms with Crippen LogP contribution in [-0.4, -0.2) is 20.7 Å². The van der Waals surface area contributed by atoms with Crippen molar-refractivity contribution in [1.82, 2.24) is 20.1 Å². The number of hydrogen-bond acceptors (Lipinski definition) is 4. The number of rotatable bonds is 4. The summed E-state index contributed by atoms with van der Waals surface area (Å²) < 4.78 is 15.5. The first-order chi connectivity index (χ1) is 11.5. The Bertz CT molecular complexity index is 886. The Morgan fingerprint density at radius 3 is 2.75 bits per heavy atom. The van der Waals surface area contributed by atoms with Crippen LogP contribution in [0.3, 0.4) is 0 Å². The molecule has 1 amide bonds. The molecule has 3 aromatic rings. The highest BCUT2D eigenvalue weighted by atomic mass is 32.1. The molecule has 0 aliphatic rings. The highest BCUT2D eigenvalue weighted by Crippen LogP contribution is 2.33. The molecule has 3 rings (SSSR count). The molecule has 5 nitrogen and oxygen atoms in total. The second-order valence-electron chi connectivity index (χ2n) is 5.48. The van der Waals surface area contributed by atoms with Crippen LogP contribution in [0, 0.1) is 12.7 Å². The van der Waals surface area contributed by atoms with E-state index < -0.39 is 0 Å². The number of aryl methyl sites for hydroxylation is 2. The Kier molecular flexibility index (Phi) is 4.44. The monoisotopic (exact) mass is 344 g/mol. The molecule has 1 aromatic carbocycles. The number of thiazole rings is 1. The Labute approximate surface area is 143 Å². The lowest BCUT2D eigenvalue weighted by Gasteiger charge is -2.12. The fraction of sp³-hybridized carbons (Fsp3) is 0.235. The molecule has 0 fully saturated rings. The number of carbonyl (C=O) groups is 1. The highest BCUT2D eigenvalue weighted by Gasteiger charge is 2.20. The topological polar surface area (TPSA) is 59.8 Å². The van der Waals surface area contributed by atoms with Crippen LogP contribution in [-0.2, 0) is 7.05 Å². The quantitative estimate of drug-likeness (QED) is 0.788. The number of nitrogens with one attached hydrogen (secondary N) is 1. The van der Waals surface area contributed by atoms with E-state index in [0.717, 1.165) is 10.6 Å². The second kappa shape index (κ2) is 6.52. The van der Waals surface area contributed by atoms with Gasteiger partial charge in [0.15, 0.2) is 0 Å². The van der Waals surface area contributed by atoms with Crippen LogP contribution in [0.1, 0.15) is 34.0 Å². The first-order valence-electron chi connectivity index (χ1n) is 7.48. The molecule has 2 heterocycles. The van der Waals surface area contributed by atoms with Crippen LogP contribution in [0.15, 0.2) is 36.5 Å². The number of nitrogens with zero attached hydrogens (tertiary/aromatic N) is 3. The molecule has 0 radical (unpaired) electrons. The summed E-state index contributed by atoms with van der Waals surface area (Å²) in [6.07, 6.45) is 1.58. The van der Waals surface area contributed by atoms with E-state index in [0.29, 0.717) is 16.3 Å². The van der Waals surface area contributed by atoms with Gasteiger partial charge in [0.05, 0.1) is 16.6 Å². The van der Waals surface area contributed by atoms with E-state index >= 15 is 0 Å². The zero-order valence-electron chi connectivity index (χ0n) is 13.6. The maximum atomic E-state index is 13.9. The number of hydrogen-bond donors (Lipinski definition) is 1. The van der Waals surface area contributed by atoms with Crippen molar-refractivity contribution in [2.75, 3.05) is 0 Å². The van der Waals surface area contributed by atoms with Gasteiger partial charge in [-0.2, -0.15) is 5.10 Å². The molecule has 0 saturated heterocycles. The van der Waals surface area contributed by atoms with Crippen molar-refractivity contribution in [3.8, 4) is 10.6 Å². The van der Waals surface area contributed by atoms with Crippen LogP contribution in [0.4, 0.5) is 4.39 Å². The Hall–Kier alpha value is -2.54. The largest absolute Gasteiger partial charge is 0.343 e. The van der Waals surface area contributed by atoms with Gasteiger partial charge in [0.25, 0.3) is 5.91 Å². The SMILES string of the molecule is Cc1nc(-c2ccccc2F)sc1[C@@H](C)NC(=O)c1ccnn1C. The second-order valence-corrected chi connectivity index (χ2v) is 6.51. The van der Waals surface area contributed by atoms with Crippen LogP contribution in [0.5, 0.6) is 0 Å². The third-order valence-corrected chi connectivity index (χ3v) is 5.10. The molecule has 124 valence electrons. The standard InChI is InChI=1S/C17H17FN4OS/c1-10(20-16(23)14-8-9-19-22(14)3)15-11(2)21-17(24-15)12-6-4-5-7-13(12)18/h4-10H,1-3H3,(H,20,23)/t10-/m1/s1. The smallest absolute Gasteiger partial charge is 0.270 e. The van der Waals surface area contributed by atoms with Crippen LogP contribution < -0.4 is 5.32 Å². The van der Waals surface area contributed by atoms with Gasteiger partial charge < -0.3 is 5.32 Å². The van der Waals surface area contributed by atoms with Gasteiger partial charge in [0, 0.05) is 18.8 Å². The van der Waals surface area contributed by atoms with E-state index in [4.69, 9.17) is 0 Å². The van der Waals surface area contributed by atoms with Gasteiger partial charge in [-0.1, -0.05) is 12.1 Å². The predicted molar refractivity (Wildman–Crippen MR) is 91.3 cm³/mol. The summed E-state index contributed by atoms with van der Waals surface area (Å²) in [6.45, 7) is 3.75. The lowest BCUT2D eigenvalue weighted by Crippen LogP contribution is -2.28. The maximum absolute atomic E-state index is 13.9. The zero-order chi connectivity index (χ0) is 17.3. The van der Waals surface area contributed by atoms with Crippen LogP contribution in [0.2, 0.25) is 0 Å². The average molecular weight is 344 g/mol. The molecule has 1 atom stereocenters. The maximum Gasteiger partial charge on any atom is 0.270 e. The van der Waals surface area contributed by atoms with Crippen molar-refractivity contribution in [2.45, 2.75) is 19.9 Å². The van der Waals surface area contributed by atoms with Gasteiger partial charge in [0.1, 0.15) is 16.5 Å². The number of benzene rings is 1. The fourth-order valence-electron chi connectivity index (χ4n) is 2.49. The zero-order valence-corrected chi connectivity index (χ0v) is 14.4. The van der Waals surface area contributed by atoms with Crippen molar-refractivity contribution in [3.05, 3.63) is 58.6 Å². The van der Waals surface area contributed by atoms with Gasteiger partial charge >= 0.3 is 0 Å². The van der Waals surface area contributed by atoms with E-state index in [1.54, 1.807) is 37.5 Å². The third kappa shape index (κ3) is 3.07. The summed E-state index contributed by atoms with van der Waals surface area (Å²) in [5, 5.41) is 7.54.